The predicted molar refractivity (Wildman–Crippen MR) is 64.6 cm³/mol. The van der Waals surface area contributed by atoms with Crippen molar-refractivity contribution in [3.05, 3.63) is 0 Å². The lowest BCUT2D eigenvalue weighted by Crippen LogP contribution is -2.42. The molecule has 5 heteroatoms. The van der Waals surface area contributed by atoms with Gasteiger partial charge in [-0.15, -0.1) is 0 Å². The molecular weight excluding hydrogens is 232 g/mol. The van der Waals surface area contributed by atoms with Gasteiger partial charge in [-0.2, -0.15) is 0 Å². The Hall–Kier alpha value is -0.940. The van der Waals surface area contributed by atoms with Crippen LogP contribution >= 0.6 is 0 Å². The number of hydrogen-bond acceptors (Lipinski definition) is 4. The minimum atomic E-state index is -0.205. The number of piperidine rings is 2. The fourth-order valence-corrected chi connectivity index (χ4v) is 3.39. The molecule has 0 aromatic carbocycles. The van der Waals surface area contributed by atoms with Gasteiger partial charge in [-0.05, 0) is 25.9 Å². The molecule has 0 spiro atoms. The van der Waals surface area contributed by atoms with Gasteiger partial charge in [0.25, 0.3) is 0 Å². The molecule has 1 N–H and O–H groups in total. The number of imide groups is 1. The summed E-state index contributed by atoms with van der Waals surface area (Å²) in [5, 5.41) is 9.04. The normalized spacial score (nSPS) is 36.1. The van der Waals surface area contributed by atoms with Gasteiger partial charge < -0.3 is 10.0 Å². The highest BCUT2D eigenvalue weighted by atomic mass is 16.3. The molecule has 0 radical (unpaired) electrons. The second kappa shape index (κ2) is 4.63. The van der Waals surface area contributed by atoms with Crippen molar-refractivity contribution in [2.75, 3.05) is 32.8 Å². The Bertz CT molecular complexity index is 343. The van der Waals surface area contributed by atoms with E-state index in [1.165, 1.54) is 24.2 Å². The van der Waals surface area contributed by atoms with Crippen LogP contribution in [0.2, 0.25) is 0 Å². The molecule has 0 aromatic rings. The molecule has 2 amide bonds. The zero-order chi connectivity index (χ0) is 12.7. The molecule has 1 saturated carbocycles. The van der Waals surface area contributed by atoms with Gasteiger partial charge >= 0.3 is 0 Å². The number of likely N-dealkylation sites (tertiary alicyclic amines) is 2. The molecule has 2 aliphatic heterocycles. The van der Waals surface area contributed by atoms with Crippen LogP contribution in [0, 0.1) is 17.8 Å². The van der Waals surface area contributed by atoms with E-state index in [0.717, 1.165) is 19.6 Å². The zero-order valence-corrected chi connectivity index (χ0v) is 10.5. The van der Waals surface area contributed by atoms with Crippen LogP contribution in [0.3, 0.4) is 0 Å². The van der Waals surface area contributed by atoms with E-state index < -0.39 is 0 Å². The number of fused-ring (bicyclic) bond motifs is 1. The highest BCUT2D eigenvalue weighted by Gasteiger charge is 2.66. The van der Waals surface area contributed by atoms with Crippen LogP contribution in [0.25, 0.3) is 0 Å². The number of rotatable bonds is 4. The lowest BCUT2D eigenvalue weighted by atomic mass is 10.1. The summed E-state index contributed by atoms with van der Waals surface area (Å²) < 4.78 is 0. The van der Waals surface area contributed by atoms with Gasteiger partial charge in [0, 0.05) is 25.6 Å². The van der Waals surface area contributed by atoms with Crippen LogP contribution in [-0.2, 0) is 9.59 Å². The molecule has 0 aromatic heterocycles. The van der Waals surface area contributed by atoms with Crippen molar-refractivity contribution in [2.45, 2.75) is 19.3 Å². The third kappa shape index (κ3) is 1.86. The molecule has 0 bridgehead atoms. The van der Waals surface area contributed by atoms with E-state index in [2.05, 4.69) is 4.90 Å². The number of carbonyl (C=O) groups excluding carboxylic acids is 2. The number of aliphatic hydroxyl groups is 1. The van der Waals surface area contributed by atoms with Crippen LogP contribution < -0.4 is 0 Å². The van der Waals surface area contributed by atoms with E-state index in [0.29, 0.717) is 6.54 Å². The first-order valence-corrected chi connectivity index (χ1v) is 6.92. The molecule has 3 fully saturated rings. The second-order valence-corrected chi connectivity index (χ2v) is 5.63. The van der Waals surface area contributed by atoms with E-state index in [1.54, 1.807) is 0 Å². The summed E-state index contributed by atoms with van der Waals surface area (Å²) in [4.78, 5) is 27.7. The first kappa shape index (κ1) is 12.1. The fraction of sp³-hybridized carbons (Fsp3) is 0.846. The van der Waals surface area contributed by atoms with Gasteiger partial charge in [0.1, 0.15) is 0 Å². The summed E-state index contributed by atoms with van der Waals surface area (Å²) in [6, 6.07) is 0. The monoisotopic (exact) mass is 252 g/mol. The summed E-state index contributed by atoms with van der Waals surface area (Å²) in [5.74, 6) is -0.605. The van der Waals surface area contributed by atoms with Gasteiger partial charge in [0.05, 0.1) is 11.8 Å². The third-order valence-corrected chi connectivity index (χ3v) is 4.57. The van der Waals surface area contributed by atoms with Crippen molar-refractivity contribution in [1.29, 1.82) is 0 Å². The molecule has 18 heavy (non-hydrogen) atoms. The Balaban J connectivity index is 1.52. The molecule has 100 valence electrons. The highest BCUT2D eigenvalue weighted by Crippen LogP contribution is 2.52. The smallest absolute Gasteiger partial charge is 0.233 e. The highest BCUT2D eigenvalue weighted by molar-refractivity contribution is 6.09. The second-order valence-electron chi connectivity index (χ2n) is 5.63. The number of carbonyl (C=O) groups is 2. The van der Waals surface area contributed by atoms with Gasteiger partial charge in [-0.3, -0.25) is 14.5 Å². The largest absolute Gasteiger partial charge is 0.396 e. The molecule has 1 aliphatic carbocycles. The predicted octanol–water partition coefficient (Wildman–Crippen LogP) is -0.304. The van der Waals surface area contributed by atoms with Crippen molar-refractivity contribution in [3.8, 4) is 0 Å². The van der Waals surface area contributed by atoms with E-state index >= 15 is 0 Å². The quantitative estimate of drug-likeness (QED) is 0.698. The van der Waals surface area contributed by atoms with E-state index in [-0.39, 0.29) is 36.2 Å². The molecule has 3 rings (SSSR count). The number of amides is 2. The maximum Gasteiger partial charge on any atom is 0.233 e. The first-order valence-electron chi connectivity index (χ1n) is 6.92. The van der Waals surface area contributed by atoms with Crippen LogP contribution in [-0.4, -0.2) is 59.5 Å². The SMILES string of the molecule is O=C1C2C(CO)C2C(=O)N1CCN1CCCCC1. The maximum absolute atomic E-state index is 12.0. The maximum atomic E-state index is 12.0. The number of hydrogen-bond donors (Lipinski definition) is 1. The summed E-state index contributed by atoms with van der Waals surface area (Å²) in [6.07, 6.45) is 3.74. The van der Waals surface area contributed by atoms with Gasteiger partial charge in [-0.1, -0.05) is 6.42 Å². The average Bonchev–Trinajstić information content (AvgIpc) is 3.08. The minimum absolute atomic E-state index is 0.0349. The summed E-state index contributed by atoms with van der Waals surface area (Å²) in [7, 11) is 0. The number of aliphatic hydroxyl groups excluding tert-OH is 1. The Labute approximate surface area is 107 Å². The Kier molecular flexibility index (Phi) is 3.11. The van der Waals surface area contributed by atoms with Crippen molar-refractivity contribution < 1.29 is 14.7 Å². The van der Waals surface area contributed by atoms with Gasteiger partial charge in [0.15, 0.2) is 0 Å². The van der Waals surface area contributed by atoms with Crippen LogP contribution in [0.1, 0.15) is 19.3 Å². The molecule has 5 nitrogen and oxygen atoms in total. The van der Waals surface area contributed by atoms with Crippen molar-refractivity contribution in [1.82, 2.24) is 9.80 Å². The number of nitrogens with zero attached hydrogens (tertiary/aromatic N) is 2. The van der Waals surface area contributed by atoms with E-state index in [4.69, 9.17) is 5.11 Å². The Morgan fingerprint density at radius 1 is 1.00 bits per heavy atom. The minimum Gasteiger partial charge on any atom is -0.396 e. The lowest BCUT2D eigenvalue weighted by molar-refractivity contribution is -0.142. The Morgan fingerprint density at radius 2 is 1.61 bits per heavy atom. The van der Waals surface area contributed by atoms with Crippen LogP contribution in [0.4, 0.5) is 0 Å². The zero-order valence-electron chi connectivity index (χ0n) is 10.5. The Morgan fingerprint density at radius 3 is 2.17 bits per heavy atom. The first-order chi connectivity index (χ1) is 8.74. The topological polar surface area (TPSA) is 60.9 Å². The van der Waals surface area contributed by atoms with Crippen molar-refractivity contribution >= 4 is 11.8 Å². The van der Waals surface area contributed by atoms with E-state index in [1.807, 2.05) is 0 Å². The molecule has 2 saturated heterocycles. The molecule has 2 heterocycles. The fourth-order valence-electron chi connectivity index (χ4n) is 3.39. The lowest BCUT2D eigenvalue weighted by Gasteiger charge is -2.28. The third-order valence-electron chi connectivity index (χ3n) is 4.57. The van der Waals surface area contributed by atoms with Gasteiger partial charge in [0.2, 0.25) is 11.8 Å². The molecule has 2 atom stereocenters. The molecular formula is C13H20N2O3. The van der Waals surface area contributed by atoms with Crippen LogP contribution in [0.15, 0.2) is 0 Å². The standard InChI is InChI=1S/C13H20N2O3/c16-8-9-10-11(9)13(18)15(12(10)17)7-6-14-4-2-1-3-5-14/h9-11,16H,1-8H2. The van der Waals surface area contributed by atoms with E-state index in [9.17, 15) is 9.59 Å². The van der Waals surface area contributed by atoms with Crippen molar-refractivity contribution in [3.63, 3.8) is 0 Å². The molecule has 2 unspecified atom stereocenters. The van der Waals surface area contributed by atoms with Crippen molar-refractivity contribution in [2.24, 2.45) is 17.8 Å². The summed E-state index contributed by atoms with van der Waals surface area (Å²) in [5.41, 5.74) is 0. The summed E-state index contributed by atoms with van der Waals surface area (Å²) in [6.45, 7) is 3.47. The van der Waals surface area contributed by atoms with Crippen LogP contribution in [0.5, 0.6) is 0 Å². The summed E-state index contributed by atoms with van der Waals surface area (Å²) >= 11 is 0. The molecule has 3 aliphatic rings. The average molecular weight is 252 g/mol. The van der Waals surface area contributed by atoms with Gasteiger partial charge in [-0.25, -0.2) is 0 Å².